The standard InChI is InChI=1S/C13H15NO4/c1-17-11-5-9-3-4-14(13(16)8-15)7-10(9)6-12(11)18-2/h5-6,8H,3-4,7H2,1-2H3. The van der Waals surface area contributed by atoms with E-state index >= 15 is 0 Å². The topological polar surface area (TPSA) is 55.8 Å². The Hall–Kier alpha value is -2.04. The van der Waals surface area contributed by atoms with Crippen LogP contribution < -0.4 is 9.47 Å². The van der Waals surface area contributed by atoms with Crippen molar-refractivity contribution < 1.29 is 19.1 Å². The molecule has 96 valence electrons. The minimum atomic E-state index is -0.476. The van der Waals surface area contributed by atoms with Gasteiger partial charge in [0.15, 0.2) is 11.5 Å². The summed E-state index contributed by atoms with van der Waals surface area (Å²) < 4.78 is 10.5. The average molecular weight is 249 g/mol. The predicted octanol–water partition coefficient (Wildman–Crippen LogP) is 0.787. The molecule has 0 unspecified atom stereocenters. The molecule has 1 aromatic carbocycles. The fraction of sp³-hybridized carbons (Fsp3) is 0.385. The third-order valence-electron chi connectivity index (χ3n) is 3.13. The fourth-order valence-corrected chi connectivity index (χ4v) is 2.15. The number of hydrogen-bond donors (Lipinski definition) is 0. The molecule has 18 heavy (non-hydrogen) atoms. The maximum atomic E-state index is 11.4. The van der Waals surface area contributed by atoms with E-state index in [-0.39, 0.29) is 0 Å². The van der Waals surface area contributed by atoms with Gasteiger partial charge in [-0.2, -0.15) is 0 Å². The molecule has 2 rings (SSSR count). The van der Waals surface area contributed by atoms with Crippen LogP contribution in [0.4, 0.5) is 0 Å². The van der Waals surface area contributed by atoms with Gasteiger partial charge in [-0.3, -0.25) is 9.59 Å². The molecule has 5 nitrogen and oxygen atoms in total. The summed E-state index contributed by atoms with van der Waals surface area (Å²) in [5.41, 5.74) is 2.12. The lowest BCUT2D eigenvalue weighted by Gasteiger charge is -2.28. The van der Waals surface area contributed by atoms with Crippen molar-refractivity contribution >= 4 is 12.2 Å². The third kappa shape index (κ3) is 2.16. The van der Waals surface area contributed by atoms with E-state index < -0.39 is 5.91 Å². The summed E-state index contributed by atoms with van der Waals surface area (Å²) in [6, 6.07) is 3.79. The van der Waals surface area contributed by atoms with E-state index in [9.17, 15) is 9.59 Å². The number of benzene rings is 1. The number of amides is 1. The number of ether oxygens (including phenoxy) is 2. The predicted molar refractivity (Wildman–Crippen MR) is 64.7 cm³/mol. The summed E-state index contributed by atoms with van der Waals surface area (Å²) in [6.45, 7) is 0.993. The highest BCUT2D eigenvalue weighted by Crippen LogP contribution is 2.33. The monoisotopic (exact) mass is 249 g/mol. The zero-order valence-corrected chi connectivity index (χ0v) is 10.4. The molecule has 0 aliphatic carbocycles. The van der Waals surface area contributed by atoms with Crippen molar-refractivity contribution in [2.45, 2.75) is 13.0 Å². The number of methoxy groups -OCH3 is 2. The number of aldehydes is 1. The average Bonchev–Trinajstić information content (AvgIpc) is 2.44. The van der Waals surface area contributed by atoms with Crippen molar-refractivity contribution in [3.05, 3.63) is 23.3 Å². The van der Waals surface area contributed by atoms with Crippen molar-refractivity contribution in [3.8, 4) is 11.5 Å². The van der Waals surface area contributed by atoms with Crippen molar-refractivity contribution in [1.29, 1.82) is 0 Å². The molecule has 1 aliphatic rings. The molecule has 0 aromatic heterocycles. The number of carbonyl (C=O) groups is 2. The maximum Gasteiger partial charge on any atom is 0.286 e. The van der Waals surface area contributed by atoms with Gasteiger partial charge in [0.2, 0.25) is 6.29 Å². The minimum absolute atomic E-state index is 0.353. The maximum absolute atomic E-state index is 11.4. The molecule has 0 saturated heterocycles. The number of nitrogens with zero attached hydrogens (tertiary/aromatic N) is 1. The zero-order valence-electron chi connectivity index (χ0n) is 10.4. The van der Waals surface area contributed by atoms with Crippen LogP contribution in [-0.2, 0) is 22.6 Å². The number of hydrogen-bond acceptors (Lipinski definition) is 4. The van der Waals surface area contributed by atoms with Crippen LogP contribution in [0.5, 0.6) is 11.5 Å². The molecule has 0 N–H and O–H groups in total. The Morgan fingerprint density at radius 3 is 2.39 bits per heavy atom. The van der Waals surface area contributed by atoms with Crippen molar-refractivity contribution in [1.82, 2.24) is 4.90 Å². The first-order chi connectivity index (χ1) is 8.69. The summed E-state index contributed by atoms with van der Waals surface area (Å²) in [5, 5.41) is 0. The first kappa shape index (κ1) is 12.4. The van der Waals surface area contributed by atoms with Gasteiger partial charge >= 0.3 is 0 Å². The summed E-state index contributed by atoms with van der Waals surface area (Å²) in [7, 11) is 3.16. The largest absolute Gasteiger partial charge is 0.493 e. The molecular formula is C13H15NO4. The van der Waals surface area contributed by atoms with Crippen LogP contribution in [0.3, 0.4) is 0 Å². The first-order valence-electron chi connectivity index (χ1n) is 5.67. The van der Waals surface area contributed by atoms with Gasteiger partial charge in [-0.15, -0.1) is 0 Å². The van der Waals surface area contributed by atoms with Gasteiger partial charge in [-0.1, -0.05) is 0 Å². The lowest BCUT2D eigenvalue weighted by molar-refractivity contribution is -0.139. The smallest absolute Gasteiger partial charge is 0.286 e. The van der Waals surface area contributed by atoms with Crippen molar-refractivity contribution in [3.63, 3.8) is 0 Å². The van der Waals surface area contributed by atoms with Gasteiger partial charge < -0.3 is 14.4 Å². The lowest BCUT2D eigenvalue weighted by Crippen LogP contribution is -2.36. The summed E-state index contributed by atoms with van der Waals surface area (Å²) in [6.07, 6.45) is 1.07. The van der Waals surface area contributed by atoms with Crippen LogP contribution >= 0.6 is 0 Å². The minimum Gasteiger partial charge on any atom is -0.493 e. The quantitative estimate of drug-likeness (QED) is 0.587. The molecule has 0 fully saturated rings. The highest BCUT2D eigenvalue weighted by Gasteiger charge is 2.22. The van der Waals surface area contributed by atoms with Gasteiger partial charge in [0.25, 0.3) is 5.91 Å². The highest BCUT2D eigenvalue weighted by atomic mass is 16.5. The Morgan fingerprint density at radius 1 is 1.22 bits per heavy atom. The summed E-state index contributed by atoms with van der Waals surface area (Å²) in [4.78, 5) is 23.4. The molecule has 0 bridgehead atoms. The van der Waals surface area contributed by atoms with Crippen LogP contribution in [0.2, 0.25) is 0 Å². The van der Waals surface area contributed by atoms with Gasteiger partial charge in [0.1, 0.15) is 0 Å². The molecule has 1 aromatic rings. The molecule has 0 atom stereocenters. The Morgan fingerprint density at radius 2 is 1.83 bits per heavy atom. The van der Waals surface area contributed by atoms with E-state index in [1.807, 2.05) is 12.1 Å². The SMILES string of the molecule is COc1cc2c(cc1OC)CN(C(=O)C=O)CC2. The summed E-state index contributed by atoms with van der Waals surface area (Å²) >= 11 is 0. The van der Waals surface area contributed by atoms with Crippen LogP contribution in [0, 0.1) is 0 Å². The third-order valence-corrected chi connectivity index (χ3v) is 3.13. The second-order valence-electron chi connectivity index (χ2n) is 4.10. The Balaban J connectivity index is 2.32. The van der Waals surface area contributed by atoms with Crippen LogP contribution in [0.15, 0.2) is 12.1 Å². The first-order valence-corrected chi connectivity index (χ1v) is 5.67. The normalized spacial score (nSPS) is 13.8. The number of rotatable bonds is 3. The van der Waals surface area contributed by atoms with E-state index in [0.717, 1.165) is 17.5 Å². The molecular weight excluding hydrogens is 234 g/mol. The zero-order chi connectivity index (χ0) is 13.1. The molecule has 5 heteroatoms. The molecule has 0 spiro atoms. The number of carbonyl (C=O) groups excluding carboxylic acids is 2. The van der Waals surface area contributed by atoms with Crippen LogP contribution in [-0.4, -0.2) is 37.9 Å². The fourth-order valence-electron chi connectivity index (χ4n) is 2.15. The molecule has 1 aliphatic heterocycles. The van der Waals surface area contributed by atoms with Gasteiger partial charge in [-0.25, -0.2) is 0 Å². The molecule has 0 saturated carbocycles. The Bertz CT molecular complexity index is 484. The van der Waals surface area contributed by atoms with Gasteiger partial charge in [-0.05, 0) is 29.7 Å². The lowest BCUT2D eigenvalue weighted by atomic mass is 9.99. The second-order valence-corrected chi connectivity index (χ2v) is 4.10. The van der Waals surface area contributed by atoms with Crippen molar-refractivity contribution in [2.75, 3.05) is 20.8 Å². The highest BCUT2D eigenvalue weighted by molar-refractivity contribution is 6.23. The van der Waals surface area contributed by atoms with E-state index in [0.29, 0.717) is 30.9 Å². The molecule has 1 amide bonds. The van der Waals surface area contributed by atoms with Crippen molar-refractivity contribution in [2.24, 2.45) is 0 Å². The Labute approximate surface area is 105 Å². The molecule has 0 radical (unpaired) electrons. The van der Waals surface area contributed by atoms with E-state index in [4.69, 9.17) is 9.47 Å². The van der Waals surface area contributed by atoms with Crippen LogP contribution in [0.25, 0.3) is 0 Å². The van der Waals surface area contributed by atoms with E-state index in [2.05, 4.69) is 0 Å². The van der Waals surface area contributed by atoms with Crippen LogP contribution in [0.1, 0.15) is 11.1 Å². The Kier molecular flexibility index (Phi) is 3.50. The molecule has 1 heterocycles. The summed E-state index contributed by atoms with van der Waals surface area (Å²) in [5.74, 6) is 0.846. The number of fused-ring (bicyclic) bond motifs is 1. The van der Waals surface area contributed by atoms with Gasteiger partial charge in [0, 0.05) is 13.1 Å². The van der Waals surface area contributed by atoms with E-state index in [1.54, 1.807) is 14.2 Å². The second kappa shape index (κ2) is 5.08. The van der Waals surface area contributed by atoms with E-state index in [1.165, 1.54) is 4.90 Å². The van der Waals surface area contributed by atoms with Gasteiger partial charge in [0.05, 0.1) is 14.2 Å².